The molecule has 12 heteroatoms. The normalized spacial score (nSPS) is 14.3. The Morgan fingerprint density at radius 3 is 2.29 bits per heavy atom. The van der Waals surface area contributed by atoms with E-state index in [9.17, 15) is 18.0 Å². The number of thioether (sulfide) groups is 1. The number of benzene rings is 2. The number of nitrogens with two attached hydrogens (primary N) is 1. The van der Waals surface area contributed by atoms with Crippen molar-refractivity contribution >= 4 is 39.4 Å². The zero-order valence-electron chi connectivity index (χ0n) is 21.9. The maximum absolute atomic E-state index is 13.3. The first-order valence-electron chi connectivity index (χ1n) is 12.3. The fourth-order valence-electron chi connectivity index (χ4n) is 3.62. The van der Waals surface area contributed by atoms with E-state index in [1.807, 2.05) is 13.2 Å². The van der Waals surface area contributed by atoms with Gasteiger partial charge in [-0.05, 0) is 35.5 Å². The molecule has 0 radical (unpaired) electrons. The Hall–Kier alpha value is -3.09. The van der Waals surface area contributed by atoms with Crippen LogP contribution in [0.25, 0.3) is 0 Å². The van der Waals surface area contributed by atoms with Crippen molar-refractivity contribution in [3.8, 4) is 0 Å². The molecular weight excluding hydrogens is 526 g/mol. The lowest BCUT2D eigenvalue weighted by molar-refractivity contribution is -0.130. The van der Waals surface area contributed by atoms with E-state index in [1.54, 1.807) is 61.5 Å². The number of hydrogen-bond donors (Lipinski definition) is 5. The number of nitrogens with zero attached hydrogens (tertiary/aromatic N) is 1. The lowest BCUT2D eigenvalue weighted by Gasteiger charge is -2.26. The third-order valence-corrected chi connectivity index (χ3v) is 8.04. The SMILES string of the molecule is CCC(C)C(NS(=O)(=O)Cc1ccccc1)C(=O)NC(CCSC)C(=O)NCc1ccc(/C(N)=N/O)cc1. The van der Waals surface area contributed by atoms with Crippen LogP contribution in [0.1, 0.15) is 43.4 Å². The molecule has 0 aliphatic rings. The van der Waals surface area contributed by atoms with Gasteiger partial charge in [0.15, 0.2) is 5.84 Å². The smallest absolute Gasteiger partial charge is 0.242 e. The van der Waals surface area contributed by atoms with E-state index < -0.39 is 28.0 Å². The second-order valence-corrected chi connectivity index (χ2v) is 11.7. The molecule has 0 spiro atoms. The third kappa shape index (κ3) is 9.99. The van der Waals surface area contributed by atoms with Crippen LogP contribution in [-0.2, 0) is 31.9 Å². The van der Waals surface area contributed by atoms with Gasteiger partial charge in [0.2, 0.25) is 21.8 Å². The van der Waals surface area contributed by atoms with Gasteiger partial charge >= 0.3 is 0 Å². The topological polar surface area (TPSA) is 163 Å². The van der Waals surface area contributed by atoms with E-state index in [4.69, 9.17) is 10.9 Å². The van der Waals surface area contributed by atoms with Crippen LogP contribution in [0.5, 0.6) is 0 Å². The Morgan fingerprint density at radius 2 is 1.71 bits per heavy atom. The van der Waals surface area contributed by atoms with Gasteiger partial charge < -0.3 is 21.6 Å². The summed E-state index contributed by atoms with van der Waals surface area (Å²) in [5.74, 6) is -0.850. The number of sulfonamides is 1. The standard InChI is InChI=1S/C26H37N5O5S2/c1-4-18(2)23(31-38(35,36)17-20-8-6-5-7-9-20)26(33)29-22(14-15-37-3)25(32)28-16-19-10-12-21(13-11-19)24(27)30-34/h5-13,18,22-23,31,34H,4,14-17H2,1-3H3,(H2,27,30)(H,28,32)(H,29,33). The Morgan fingerprint density at radius 1 is 1.05 bits per heavy atom. The van der Waals surface area contributed by atoms with Crippen molar-refractivity contribution in [2.75, 3.05) is 12.0 Å². The molecule has 38 heavy (non-hydrogen) atoms. The number of carbonyl (C=O) groups is 2. The molecule has 6 N–H and O–H groups in total. The van der Waals surface area contributed by atoms with Gasteiger partial charge in [0.05, 0.1) is 5.75 Å². The molecule has 2 rings (SSSR count). The van der Waals surface area contributed by atoms with E-state index in [-0.39, 0.29) is 30.0 Å². The Labute approximate surface area is 228 Å². The van der Waals surface area contributed by atoms with Crippen LogP contribution in [0, 0.1) is 5.92 Å². The van der Waals surface area contributed by atoms with Crippen LogP contribution in [0.15, 0.2) is 59.8 Å². The number of amidine groups is 1. The number of hydrogen-bond acceptors (Lipinski definition) is 7. The fraction of sp³-hybridized carbons (Fsp3) is 0.423. The van der Waals surface area contributed by atoms with Crippen molar-refractivity contribution in [3.05, 3.63) is 71.3 Å². The molecule has 3 unspecified atom stereocenters. The zero-order chi connectivity index (χ0) is 28.1. The van der Waals surface area contributed by atoms with Gasteiger partial charge in [-0.25, -0.2) is 13.1 Å². The maximum atomic E-state index is 13.3. The van der Waals surface area contributed by atoms with E-state index in [1.165, 1.54) is 11.8 Å². The molecule has 2 aromatic carbocycles. The summed E-state index contributed by atoms with van der Waals surface area (Å²) in [7, 11) is -3.81. The number of nitrogens with one attached hydrogen (secondary N) is 3. The Balaban J connectivity index is 2.10. The van der Waals surface area contributed by atoms with Crippen molar-refractivity contribution in [3.63, 3.8) is 0 Å². The highest BCUT2D eigenvalue weighted by Crippen LogP contribution is 2.13. The minimum absolute atomic E-state index is 0.0179. The van der Waals surface area contributed by atoms with E-state index >= 15 is 0 Å². The molecule has 10 nitrogen and oxygen atoms in total. The van der Waals surface area contributed by atoms with Crippen LogP contribution in [0.2, 0.25) is 0 Å². The first kappa shape index (κ1) is 31.1. The lowest BCUT2D eigenvalue weighted by atomic mass is 9.99. The molecule has 0 aliphatic heterocycles. The van der Waals surface area contributed by atoms with E-state index in [2.05, 4.69) is 20.5 Å². The van der Waals surface area contributed by atoms with E-state index in [0.29, 0.717) is 29.7 Å². The monoisotopic (exact) mass is 563 g/mol. The average molecular weight is 564 g/mol. The molecule has 208 valence electrons. The van der Waals surface area contributed by atoms with Gasteiger partial charge in [-0.3, -0.25) is 9.59 Å². The van der Waals surface area contributed by atoms with Crippen LogP contribution < -0.4 is 21.1 Å². The largest absolute Gasteiger partial charge is 0.409 e. The van der Waals surface area contributed by atoms with E-state index in [0.717, 1.165) is 5.56 Å². The number of oxime groups is 1. The fourth-order valence-corrected chi connectivity index (χ4v) is 5.53. The molecule has 2 amide bonds. The summed E-state index contributed by atoms with van der Waals surface area (Å²) < 4.78 is 28.3. The molecular formula is C26H37N5O5S2. The number of carbonyl (C=O) groups excluding carboxylic acids is 2. The summed E-state index contributed by atoms with van der Waals surface area (Å²) in [6, 6.07) is 13.7. The average Bonchev–Trinajstić information content (AvgIpc) is 2.92. The van der Waals surface area contributed by atoms with Crippen molar-refractivity contribution in [2.24, 2.45) is 16.8 Å². The molecule has 0 aromatic heterocycles. The van der Waals surface area contributed by atoms with Gasteiger partial charge in [0, 0.05) is 12.1 Å². The highest BCUT2D eigenvalue weighted by molar-refractivity contribution is 7.98. The third-order valence-electron chi connectivity index (χ3n) is 6.07. The molecule has 0 fully saturated rings. The summed E-state index contributed by atoms with van der Waals surface area (Å²) in [5.41, 5.74) is 7.51. The van der Waals surface area contributed by atoms with Crippen LogP contribution in [0.3, 0.4) is 0 Å². The molecule has 0 saturated heterocycles. The predicted molar refractivity (Wildman–Crippen MR) is 151 cm³/mol. The van der Waals surface area contributed by atoms with Crippen molar-refractivity contribution in [1.82, 2.24) is 15.4 Å². The maximum Gasteiger partial charge on any atom is 0.242 e. The van der Waals surface area contributed by atoms with Crippen LogP contribution in [-0.4, -0.2) is 55.4 Å². The quantitative estimate of drug-likeness (QED) is 0.0959. The van der Waals surface area contributed by atoms with Crippen molar-refractivity contribution < 1.29 is 23.2 Å². The summed E-state index contributed by atoms with van der Waals surface area (Å²) in [5, 5.41) is 17.3. The summed E-state index contributed by atoms with van der Waals surface area (Å²) >= 11 is 1.54. The Bertz CT molecular complexity index is 1170. The predicted octanol–water partition coefficient (Wildman–Crippen LogP) is 2.17. The molecule has 0 heterocycles. The summed E-state index contributed by atoms with van der Waals surface area (Å²) in [4.78, 5) is 26.3. The first-order valence-corrected chi connectivity index (χ1v) is 15.3. The van der Waals surface area contributed by atoms with Crippen LogP contribution in [0.4, 0.5) is 0 Å². The highest BCUT2D eigenvalue weighted by atomic mass is 32.2. The van der Waals surface area contributed by atoms with Gasteiger partial charge in [0.1, 0.15) is 12.1 Å². The Kier molecular flexibility index (Phi) is 12.6. The minimum atomic E-state index is -3.81. The number of rotatable bonds is 15. The van der Waals surface area contributed by atoms with Gasteiger partial charge in [-0.2, -0.15) is 11.8 Å². The second kappa shape index (κ2) is 15.4. The van der Waals surface area contributed by atoms with Gasteiger partial charge in [-0.1, -0.05) is 80.0 Å². The minimum Gasteiger partial charge on any atom is -0.409 e. The molecule has 3 atom stereocenters. The molecule has 0 saturated carbocycles. The molecule has 2 aromatic rings. The lowest BCUT2D eigenvalue weighted by Crippen LogP contribution is -2.55. The van der Waals surface area contributed by atoms with Gasteiger partial charge in [0.25, 0.3) is 0 Å². The van der Waals surface area contributed by atoms with Crippen molar-refractivity contribution in [1.29, 1.82) is 0 Å². The molecule has 0 bridgehead atoms. The van der Waals surface area contributed by atoms with Crippen molar-refractivity contribution in [2.45, 2.75) is 51.1 Å². The molecule has 0 aliphatic carbocycles. The van der Waals surface area contributed by atoms with Gasteiger partial charge in [-0.15, -0.1) is 0 Å². The first-order chi connectivity index (χ1) is 18.1. The second-order valence-electron chi connectivity index (χ2n) is 8.97. The zero-order valence-corrected chi connectivity index (χ0v) is 23.5. The number of amides is 2. The highest BCUT2D eigenvalue weighted by Gasteiger charge is 2.31. The summed E-state index contributed by atoms with van der Waals surface area (Å²) in [6.45, 7) is 3.88. The summed E-state index contributed by atoms with van der Waals surface area (Å²) in [6.07, 6.45) is 2.85. The van der Waals surface area contributed by atoms with Crippen LogP contribution >= 0.6 is 11.8 Å².